The minimum absolute atomic E-state index is 0. The molecular weight excluding hydrogens is 433 g/mol. The summed E-state index contributed by atoms with van der Waals surface area (Å²) in [6.45, 7) is 7.92. The Kier molecular flexibility index (Phi) is 10.2. The fourth-order valence-corrected chi connectivity index (χ4v) is 3.78. The van der Waals surface area contributed by atoms with Crippen LogP contribution in [0.5, 0.6) is 0 Å². The Morgan fingerprint density at radius 2 is 2.21 bits per heavy atom. The number of aliphatic imine (C=N–C) groups is 1. The molecule has 1 fully saturated rings. The van der Waals surface area contributed by atoms with Gasteiger partial charge in [0.05, 0.1) is 0 Å². The molecule has 1 unspecified atom stereocenters. The van der Waals surface area contributed by atoms with Crippen molar-refractivity contribution < 1.29 is 4.74 Å². The van der Waals surface area contributed by atoms with Crippen molar-refractivity contribution in [1.29, 1.82) is 0 Å². The summed E-state index contributed by atoms with van der Waals surface area (Å²) in [6.07, 6.45) is 5.02. The van der Waals surface area contributed by atoms with Gasteiger partial charge in [0.1, 0.15) is 0 Å². The highest BCUT2D eigenvalue weighted by Gasteiger charge is 2.36. The standard InChI is InChI=1S/C18H31N3OS.HI/c1-4-19-17(20-12-15(2)16-6-11-23-13-16)21-14-18(7-5-8-18)9-10-22-3;/h6,11,13,15H,4-5,7-10,12,14H2,1-3H3,(H2,19,20,21);1H. The van der Waals surface area contributed by atoms with E-state index in [1.165, 1.54) is 24.8 Å². The Morgan fingerprint density at radius 3 is 2.75 bits per heavy atom. The zero-order valence-electron chi connectivity index (χ0n) is 15.1. The lowest BCUT2D eigenvalue weighted by atomic mass is 9.67. The van der Waals surface area contributed by atoms with Crippen LogP contribution in [0, 0.1) is 5.41 Å². The topological polar surface area (TPSA) is 45.7 Å². The van der Waals surface area contributed by atoms with Crippen LogP contribution in [0.4, 0.5) is 0 Å². The van der Waals surface area contributed by atoms with Gasteiger partial charge in [-0.2, -0.15) is 11.3 Å². The summed E-state index contributed by atoms with van der Waals surface area (Å²) in [5.74, 6) is 1.44. The summed E-state index contributed by atoms with van der Waals surface area (Å²) in [5, 5.41) is 11.2. The molecule has 0 saturated heterocycles. The second kappa shape index (κ2) is 11.3. The van der Waals surface area contributed by atoms with Gasteiger partial charge < -0.3 is 15.4 Å². The van der Waals surface area contributed by atoms with Crippen LogP contribution in [0.1, 0.15) is 51.0 Å². The lowest BCUT2D eigenvalue weighted by Crippen LogP contribution is -2.41. The van der Waals surface area contributed by atoms with Gasteiger partial charge in [-0.25, -0.2) is 0 Å². The molecule has 0 spiro atoms. The van der Waals surface area contributed by atoms with Gasteiger partial charge in [-0.15, -0.1) is 24.0 Å². The molecule has 1 atom stereocenters. The van der Waals surface area contributed by atoms with Crippen LogP contribution in [-0.4, -0.2) is 39.3 Å². The second-order valence-electron chi connectivity index (χ2n) is 6.63. The van der Waals surface area contributed by atoms with E-state index in [0.29, 0.717) is 11.3 Å². The van der Waals surface area contributed by atoms with E-state index in [0.717, 1.165) is 38.6 Å². The first-order valence-corrected chi connectivity index (χ1v) is 9.66. The van der Waals surface area contributed by atoms with Crippen molar-refractivity contribution in [1.82, 2.24) is 10.6 Å². The quantitative estimate of drug-likeness (QED) is 0.326. The SMILES string of the molecule is CCNC(=NCC1(CCOC)CCC1)NCC(C)c1ccsc1.I. The number of rotatable bonds is 9. The molecule has 0 radical (unpaired) electrons. The number of nitrogens with one attached hydrogen (secondary N) is 2. The van der Waals surface area contributed by atoms with Crippen LogP contribution in [0.25, 0.3) is 0 Å². The highest BCUT2D eigenvalue weighted by atomic mass is 127. The van der Waals surface area contributed by atoms with E-state index in [4.69, 9.17) is 9.73 Å². The third-order valence-corrected chi connectivity index (χ3v) is 5.56. The minimum atomic E-state index is 0. The molecule has 1 aromatic rings. The van der Waals surface area contributed by atoms with E-state index in [-0.39, 0.29) is 24.0 Å². The first-order valence-electron chi connectivity index (χ1n) is 8.72. The molecule has 1 aromatic heterocycles. The average molecular weight is 465 g/mol. The van der Waals surface area contributed by atoms with Crippen LogP contribution in [0.2, 0.25) is 0 Å². The predicted octanol–water partition coefficient (Wildman–Crippen LogP) is 4.23. The molecule has 0 aliphatic heterocycles. The third kappa shape index (κ3) is 6.52. The zero-order chi connectivity index (χ0) is 16.5. The van der Waals surface area contributed by atoms with Gasteiger partial charge in [0, 0.05) is 33.4 Å². The van der Waals surface area contributed by atoms with Gasteiger partial charge >= 0.3 is 0 Å². The minimum Gasteiger partial charge on any atom is -0.385 e. The first kappa shape index (κ1) is 21.7. The number of ether oxygens (including phenoxy) is 1. The van der Waals surface area contributed by atoms with E-state index in [1.54, 1.807) is 18.4 Å². The van der Waals surface area contributed by atoms with Crippen molar-refractivity contribution in [3.63, 3.8) is 0 Å². The number of thiophene rings is 1. The smallest absolute Gasteiger partial charge is 0.191 e. The van der Waals surface area contributed by atoms with Crippen LogP contribution in [0.3, 0.4) is 0 Å². The summed E-state index contributed by atoms with van der Waals surface area (Å²) in [4.78, 5) is 4.86. The molecule has 0 bridgehead atoms. The summed E-state index contributed by atoms with van der Waals surface area (Å²) >= 11 is 1.76. The number of methoxy groups -OCH3 is 1. The van der Waals surface area contributed by atoms with Gasteiger partial charge in [-0.05, 0) is 59.9 Å². The molecule has 0 aromatic carbocycles. The lowest BCUT2D eigenvalue weighted by molar-refractivity contribution is 0.0778. The van der Waals surface area contributed by atoms with Crippen LogP contribution in [0.15, 0.2) is 21.8 Å². The average Bonchev–Trinajstić information content (AvgIpc) is 3.05. The molecule has 1 heterocycles. The highest BCUT2D eigenvalue weighted by Crippen LogP contribution is 2.44. The second-order valence-corrected chi connectivity index (χ2v) is 7.41. The van der Waals surface area contributed by atoms with E-state index in [1.807, 2.05) is 0 Å². The molecule has 24 heavy (non-hydrogen) atoms. The lowest BCUT2D eigenvalue weighted by Gasteiger charge is -2.40. The van der Waals surface area contributed by atoms with Crippen molar-refractivity contribution in [2.45, 2.75) is 45.4 Å². The van der Waals surface area contributed by atoms with Crippen molar-refractivity contribution in [2.75, 3.05) is 33.4 Å². The van der Waals surface area contributed by atoms with Gasteiger partial charge in [0.2, 0.25) is 0 Å². The molecular formula is C18H32IN3OS. The van der Waals surface area contributed by atoms with E-state index < -0.39 is 0 Å². The predicted molar refractivity (Wildman–Crippen MR) is 115 cm³/mol. The maximum Gasteiger partial charge on any atom is 0.191 e. The maximum atomic E-state index is 5.27. The van der Waals surface area contributed by atoms with Crippen LogP contribution >= 0.6 is 35.3 Å². The molecule has 1 aliphatic rings. The van der Waals surface area contributed by atoms with Crippen LogP contribution in [-0.2, 0) is 4.74 Å². The number of guanidine groups is 1. The maximum absolute atomic E-state index is 5.27. The summed E-state index contributed by atoms with van der Waals surface area (Å²) in [6, 6.07) is 2.20. The van der Waals surface area contributed by atoms with E-state index >= 15 is 0 Å². The van der Waals surface area contributed by atoms with Crippen LogP contribution < -0.4 is 10.6 Å². The monoisotopic (exact) mass is 465 g/mol. The largest absolute Gasteiger partial charge is 0.385 e. The molecule has 138 valence electrons. The molecule has 6 heteroatoms. The number of hydrogen-bond donors (Lipinski definition) is 2. The number of halogens is 1. The zero-order valence-corrected chi connectivity index (χ0v) is 18.3. The normalized spacial score (nSPS) is 17.5. The Balaban J connectivity index is 0.00000288. The fourth-order valence-electron chi connectivity index (χ4n) is 2.99. The fraction of sp³-hybridized carbons (Fsp3) is 0.722. The molecule has 2 rings (SSSR count). The Hall–Kier alpha value is -0.340. The Bertz CT molecular complexity index is 475. The molecule has 1 saturated carbocycles. The molecule has 0 amide bonds. The third-order valence-electron chi connectivity index (χ3n) is 4.86. The van der Waals surface area contributed by atoms with Crippen molar-refractivity contribution in [2.24, 2.45) is 10.4 Å². The number of hydrogen-bond acceptors (Lipinski definition) is 3. The Morgan fingerprint density at radius 1 is 1.42 bits per heavy atom. The number of nitrogens with zero attached hydrogens (tertiary/aromatic N) is 1. The molecule has 2 N–H and O–H groups in total. The summed E-state index contributed by atoms with van der Waals surface area (Å²) in [7, 11) is 1.78. The summed E-state index contributed by atoms with van der Waals surface area (Å²) < 4.78 is 5.27. The van der Waals surface area contributed by atoms with Crippen molar-refractivity contribution in [3.05, 3.63) is 22.4 Å². The summed E-state index contributed by atoms with van der Waals surface area (Å²) in [5.41, 5.74) is 1.77. The van der Waals surface area contributed by atoms with Gasteiger partial charge in [0.15, 0.2) is 5.96 Å². The molecule has 1 aliphatic carbocycles. The first-order chi connectivity index (χ1) is 11.2. The Labute approximate surface area is 167 Å². The van der Waals surface area contributed by atoms with Crippen molar-refractivity contribution >= 4 is 41.3 Å². The highest BCUT2D eigenvalue weighted by molar-refractivity contribution is 14.0. The van der Waals surface area contributed by atoms with E-state index in [2.05, 4.69) is 41.3 Å². The van der Waals surface area contributed by atoms with E-state index in [9.17, 15) is 0 Å². The van der Waals surface area contributed by atoms with Gasteiger partial charge in [-0.1, -0.05) is 13.3 Å². The van der Waals surface area contributed by atoms with Crippen molar-refractivity contribution in [3.8, 4) is 0 Å². The van der Waals surface area contributed by atoms with Gasteiger partial charge in [-0.3, -0.25) is 4.99 Å². The van der Waals surface area contributed by atoms with Gasteiger partial charge in [0.25, 0.3) is 0 Å². The molecule has 4 nitrogen and oxygen atoms in total.